The van der Waals surface area contributed by atoms with Gasteiger partial charge in [-0.2, -0.15) is 4.98 Å². The average molecular weight is 405 g/mol. The molecule has 1 N–H and O–H groups in total. The Bertz CT molecular complexity index is 1240. The van der Waals surface area contributed by atoms with Gasteiger partial charge in [-0.15, -0.1) is 0 Å². The molecule has 0 saturated carbocycles. The van der Waals surface area contributed by atoms with Crippen LogP contribution >= 0.6 is 0 Å². The normalized spacial score (nSPS) is 11.1. The summed E-state index contributed by atoms with van der Waals surface area (Å²) >= 11 is 0. The maximum Gasteiger partial charge on any atom is 0.433 e. The van der Waals surface area contributed by atoms with Gasteiger partial charge in [0.05, 0.1) is 18.9 Å². The van der Waals surface area contributed by atoms with E-state index in [9.17, 15) is 14.9 Å². The number of hydrogen-bond donors (Lipinski definition) is 1. The van der Waals surface area contributed by atoms with Crippen molar-refractivity contribution in [2.75, 3.05) is 12.4 Å². The van der Waals surface area contributed by atoms with Crippen LogP contribution < -0.4 is 10.1 Å². The van der Waals surface area contributed by atoms with Crippen molar-refractivity contribution in [2.24, 2.45) is 0 Å². The van der Waals surface area contributed by atoms with Gasteiger partial charge >= 0.3 is 5.88 Å². The third kappa shape index (κ3) is 3.90. The molecule has 30 heavy (non-hydrogen) atoms. The number of ketones is 1. The summed E-state index contributed by atoms with van der Waals surface area (Å²) in [5, 5.41) is 13.7. The van der Waals surface area contributed by atoms with Gasteiger partial charge in [0.25, 0.3) is 6.01 Å². The van der Waals surface area contributed by atoms with E-state index in [0.29, 0.717) is 28.1 Å². The van der Waals surface area contributed by atoms with Gasteiger partial charge in [0.2, 0.25) is 0 Å². The average Bonchev–Trinajstić information content (AvgIpc) is 3.38. The van der Waals surface area contributed by atoms with Crippen molar-refractivity contribution in [3.63, 3.8) is 0 Å². The van der Waals surface area contributed by atoms with E-state index in [1.54, 1.807) is 24.3 Å². The quantitative estimate of drug-likeness (QED) is 0.198. The van der Waals surface area contributed by atoms with Gasteiger partial charge in [-0.25, -0.2) is 0 Å². The third-order valence-electron chi connectivity index (χ3n) is 4.21. The molecule has 2 heterocycles. The summed E-state index contributed by atoms with van der Waals surface area (Å²) < 4.78 is 16.0. The minimum atomic E-state index is -0.646. The monoisotopic (exact) mass is 405 g/mol. The molecular weight excluding hydrogens is 390 g/mol. The molecule has 0 atom stereocenters. The fraction of sp³-hybridized carbons (Fsp3) is 0.0476. The van der Waals surface area contributed by atoms with Crippen molar-refractivity contribution in [3.05, 3.63) is 82.1 Å². The molecule has 9 heteroatoms. The lowest BCUT2D eigenvalue weighted by Gasteiger charge is -2.09. The second kappa shape index (κ2) is 7.92. The number of benzene rings is 2. The molecule has 0 bridgehead atoms. The molecule has 150 valence electrons. The standard InChI is InChI=1S/C21H15N3O6/c1-28-18-10-6-13(17(25)9-7-14-8-11-20(29-14)24(26)27)12-16(18)23-21-22-15-4-2-3-5-19(15)30-21/h2-12H,1H3,(H,22,23)/b9-7+. The van der Waals surface area contributed by atoms with E-state index >= 15 is 0 Å². The second-order valence-electron chi connectivity index (χ2n) is 6.16. The van der Waals surface area contributed by atoms with Gasteiger partial charge in [0, 0.05) is 5.56 Å². The predicted octanol–water partition coefficient (Wildman–Crippen LogP) is 4.98. The van der Waals surface area contributed by atoms with E-state index in [0.717, 1.165) is 0 Å². The third-order valence-corrected chi connectivity index (χ3v) is 4.21. The van der Waals surface area contributed by atoms with Crippen LogP contribution in [-0.4, -0.2) is 22.8 Å². The summed E-state index contributed by atoms with van der Waals surface area (Å²) in [6.45, 7) is 0. The number of fused-ring (bicyclic) bond motifs is 1. The second-order valence-corrected chi connectivity index (χ2v) is 6.16. The maximum atomic E-state index is 12.5. The van der Waals surface area contributed by atoms with Crippen LogP contribution in [0.5, 0.6) is 5.75 Å². The summed E-state index contributed by atoms with van der Waals surface area (Å²) in [4.78, 5) is 26.9. The first-order chi connectivity index (χ1) is 14.5. The van der Waals surface area contributed by atoms with E-state index in [2.05, 4.69) is 10.3 Å². The van der Waals surface area contributed by atoms with E-state index in [1.165, 1.54) is 31.4 Å². The van der Waals surface area contributed by atoms with Crippen molar-refractivity contribution in [2.45, 2.75) is 0 Å². The number of aromatic nitrogens is 1. The van der Waals surface area contributed by atoms with E-state index in [4.69, 9.17) is 13.6 Å². The Morgan fingerprint density at radius 2 is 2.00 bits per heavy atom. The predicted molar refractivity (Wildman–Crippen MR) is 109 cm³/mol. The van der Waals surface area contributed by atoms with Crippen LogP contribution in [-0.2, 0) is 0 Å². The Morgan fingerprint density at radius 1 is 1.17 bits per heavy atom. The number of carbonyl (C=O) groups is 1. The maximum absolute atomic E-state index is 12.5. The molecule has 0 aliphatic rings. The Labute approximate surface area is 169 Å². The molecule has 0 fully saturated rings. The Hall–Kier alpha value is -4.40. The number of nitro groups is 1. The fourth-order valence-electron chi connectivity index (χ4n) is 2.78. The highest BCUT2D eigenvalue weighted by atomic mass is 16.6. The summed E-state index contributed by atoms with van der Waals surface area (Å²) in [7, 11) is 1.51. The number of nitrogens with one attached hydrogen (secondary N) is 1. The summed E-state index contributed by atoms with van der Waals surface area (Å²) in [5.41, 5.74) is 2.19. The minimum Gasteiger partial charge on any atom is -0.495 e. The Kier molecular flexibility index (Phi) is 5.00. The zero-order chi connectivity index (χ0) is 21.1. The van der Waals surface area contributed by atoms with Crippen molar-refractivity contribution in [3.8, 4) is 5.75 Å². The Morgan fingerprint density at radius 3 is 2.73 bits per heavy atom. The lowest BCUT2D eigenvalue weighted by Crippen LogP contribution is -1.99. The fourth-order valence-corrected chi connectivity index (χ4v) is 2.78. The van der Waals surface area contributed by atoms with Crippen LogP contribution in [0.4, 0.5) is 17.6 Å². The minimum absolute atomic E-state index is 0.202. The number of oxazole rings is 1. The van der Waals surface area contributed by atoms with Gasteiger partial charge in [-0.05, 0) is 48.6 Å². The first kappa shape index (κ1) is 18.9. The van der Waals surface area contributed by atoms with Gasteiger partial charge in [-0.3, -0.25) is 14.9 Å². The zero-order valence-corrected chi connectivity index (χ0v) is 15.7. The number of para-hydroxylation sites is 2. The number of hydrogen-bond acceptors (Lipinski definition) is 8. The molecule has 4 rings (SSSR count). The molecule has 4 aromatic rings. The number of nitrogens with zero attached hydrogens (tertiary/aromatic N) is 2. The molecule has 9 nitrogen and oxygen atoms in total. The number of anilines is 2. The van der Waals surface area contributed by atoms with Crippen molar-refractivity contribution < 1.29 is 23.3 Å². The van der Waals surface area contributed by atoms with Gasteiger partial charge in [0.1, 0.15) is 21.9 Å². The van der Waals surface area contributed by atoms with Crippen molar-refractivity contribution >= 4 is 40.5 Å². The van der Waals surface area contributed by atoms with Crippen LogP contribution in [0.2, 0.25) is 0 Å². The van der Waals surface area contributed by atoms with E-state index < -0.39 is 10.8 Å². The highest BCUT2D eigenvalue weighted by Crippen LogP contribution is 2.30. The first-order valence-electron chi connectivity index (χ1n) is 8.81. The van der Waals surface area contributed by atoms with Gasteiger partial charge < -0.3 is 18.9 Å². The SMILES string of the molecule is COc1ccc(C(=O)/C=C/c2ccc([N+](=O)[O-])o2)cc1Nc1nc2ccccc2o1. The summed E-state index contributed by atoms with van der Waals surface area (Å²) in [6.07, 6.45) is 2.64. The number of allylic oxidation sites excluding steroid dienone is 1. The van der Waals surface area contributed by atoms with Gasteiger partial charge in [0.15, 0.2) is 11.4 Å². The molecule has 0 unspecified atom stereocenters. The largest absolute Gasteiger partial charge is 0.495 e. The highest BCUT2D eigenvalue weighted by Gasteiger charge is 2.13. The molecule has 0 radical (unpaired) electrons. The van der Waals surface area contributed by atoms with Crippen LogP contribution in [0.25, 0.3) is 17.2 Å². The highest BCUT2D eigenvalue weighted by molar-refractivity contribution is 6.07. The molecule has 0 saturated heterocycles. The number of furan rings is 1. The number of ether oxygens (including phenoxy) is 1. The smallest absolute Gasteiger partial charge is 0.433 e. The molecule has 0 amide bonds. The molecule has 0 aliphatic carbocycles. The van der Waals surface area contributed by atoms with Crippen molar-refractivity contribution in [1.29, 1.82) is 0 Å². The lowest BCUT2D eigenvalue weighted by molar-refractivity contribution is -0.402. The Balaban J connectivity index is 1.57. The first-order valence-corrected chi connectivity index (χ1v) is 8.81. The van der Waals surface area contributed by atoms with Crippen LogP contribution in [0.15, 0.2) is 69.5 Å². The van der Waals surface area contributed by atoms with Crippen LogP contribution in [0.3, 0.4) is 0 Å². The summed E-state index contributed by atoms with van der Waals surface area (Å²) in [6, 6.07) is 15.1. The molecule has 2 aromatic heterocycles. The van der Waals surface area contributed by atoms with E-state index in [-0.39, 0.29) is 17.6 Å². The van der Waals surface area contributed by atoms with Gasteiger partial charge in [-0.1, -0.05) is 12.1 Å². The molecule has 0 spiro atoms. The lowest BCUT2D eigenvalue weighted by atomic mass is 10.1. The van der Waals surface area contributed by atoms with Crippen LogP contribution in [0.1, 0.15) is 16.1 Å². The number of methoxy groups -OCH3 is 1. The van der Waals surface area contributed by atoms with Crippen LogP contribution in [0, 0.1) is 10.1 Å². The van der Waals surface area contributed by atoms with Crippen molar-refractivity contribution in [1.82, 2.24) is 4.98 Å². The summed E-state index contributed by atoms with van der Waals surface area (Å²) in [5.74, 6) is -0.0125. The molecule has 2 aromatic carbocycles. The van der Waals surface area contributed by atoms with E-state index in [1.807, 2.05) is 18.2 Å². The number of rotatable bonds is 7. The number of carbonyl (C=O) groups excluding carboxylic acids is 1. The molecular formula is C21H15N3O6. The molecule has 0 aliphatic heterocycles. The zero-order valence-electron chi connectivity index (χ0n) is 15.7. The topological polar surface area (TPSA) is 121 Å².